The van der Waals surface area contributed by atoms with Gasteiger partial charge in [0, 0.05) is 11.9 Å². The molecule has 0 amide bonds. The third-order valence-corrected chi connectivity index (χ3v) is 3.06. The summed E-state index contributed by atoms with van der Waals surface area (Å²) in [7, 11) is 0. The molecule has 0 saturated heterocycles. The van der Waals surface area contributed by atoms with Gasteiger partial charge in [0.15, 0.2) is 0 Å². The van der Waals surface area contributed by atoms with Gasteiger partial charge in [-0.05, 0) is 49.4 Å². The molecule has 1 heteroatoms. The van der Waals surface area contributed by atoms with E-state index < -0.39 is 0 Å². The molecule has 1 heterocycles. The average molecular weight is 199 g/mol. The maximum absolute atomic E-state index is 3.28. The first-order valence-electron chi connectivity index (χ1n) is 5.36. The van der Waals surface area contributed by atoms with Crippen LogP contribution in [0.15, 0.2) is 30.5 Å². The third kappa shape index (κ3) is 1.96. The SMILES string of the molecule is Cc1ccccc1Cc1c(C)c[nH]c1C. The summed E-state index contributed by atoms with van der Waals surface area (Å²) in [6, 6.07) is 8.59. The highest BCUT2D eigenvalue weighted by molar-refractivity contribution is 5.37. The Morgan fingerprint density at radius 1 is 1.00 bits per heavy atom. The molecule has 1 aromatic heterocycles. The van der Waals surface area contributed by atoms with Crippen molar-refractivity contribution in [2.75, 3.05) is 0 Å². The lowest BCUT2D eigenvalue weighted by Gasteiger charge is -2.06. The van der Waals surface area contributed by atoms with Crippen molar-refractivity contribution >= 4 is 0 Å². The predicted octanol–water partition coefficient (Wildman–Crippen LogP) is 3.53. The standard InChI is InChI=1S/C14H17N/c1-10-6-4-5-7-13(10)8-14-11(2)9-15-12(14)3/h4-7,9,15H,8H2,1-3H3. The fourth-order valence-electron chi connectivity index (χ4n) is 1.96. The zero-order valence-corrected chi connectivity index (χ0v) is 9.59. The van der Waals surface area contributed by atoms with E-state index >= 15 is 0 Å². The van der Waals surface area contributed by atoms with Crippen LogP contribution in [0.4, 0.5) is 0 Å². The van der Waals surface area contributed by atoms with Gasteiger partial charge >= 0.3 is 0 Å². The second-order valence-electron chi connectivity index (χ2n) is 4.18. The van der Waals surface area contributed by atoms with E-state index in [1.807, 2.05) is 0 Å². The number of H-pyrrole nitrogens is 1. The van der Waals surface area contributed by atoms with Gasteiger partial charge in [0.05, 0.1) is 0 Å². The maximum Gasteiger partial charge on any atom is 0.0154 e. The summed E-state index contributed by atoms with van der Waals surface area (Å²) in [5.74, 6) is 0. The third-order valence-electron chi connectivity index (χ3n) is 3.06. The van der Waals surface area contributed by atoms with Crippen molar-refractivity contribution in [1.29, 1.82) is 0 Å². The topological polar surface area (TPSA) is 15.8 Å². The number of aryl methyl sites for hydroxylation is 3. The largest absolute Gasteiger partial charge is 0.365 e. The number of aromatic amines is 1. The highest BCUT2D eigenvalue weighted by atomic mass is 14.7. The van der Waals surface area contributed by atoms with Gasteiger partial charge in [-0.1, -0.05) is 24.3 Å². The van der Waals surface area contributed by atoms with Gasteiger partial charge in [-0.15, -0.1) is 0 Å². The van der Waals surface area contributed by atoms with Crippen LogP contribution in [-0.4, -0.2) is 4.98 Å². The van der Waals surface area contributed by atoms with E-state index in [1.165, 1.54) is 27.9 Å². The Hall–Kier alpha value is -1.50. The van der Waals surface area contributed by atoms with Crippen molar-refractivity contribution in [2.45, 2.75) is 27.2 Å². The fourth-order valence-corrected chi connectivity index (χ4v) is 1.96. The van der Waals surface area contributed by atoms with E-state index in [9.17, 15) is 0 Å². The minimum absolute atomic E-state index is 1.04. The minimum atomic E-state index is 1.04. The van der Waals surface area contributed by atoms with Crippen LogP contribution in [0.3, 0.4) is 0 Å². The number of aromatic nitrogens is 1. The van der Waals surface area contributed by atoms with Gasteiger partial charge in [-0.2, -0.15) is 0 Å². The number of rotatable bonds is 2. The van der Waals surface area contributed by atoms with Crippen LogP contribution >= 0.6 is 0 Å². The molecule has 0 radical (unpaired) electrons. The second-order valence-corrected chi connectivity index (χ2v) is 4.18. The number of hydrogen-bond donors (Lipinski definition) is 1. The fraction of sp³-hybridized carbons (Fsp3) is 0.286. The van der Waals surface area contributed by atoms with Crippen molar-refractivity contribution in [2.24, 2.45) is 0 Å². The molecule has 1 N–H and O–H groups in total. The summed E-state index contributed by atoms with van der Waals surface area (Å²) in [5.41, 5.74) is 6.87. The van der Waals surface area contributed by atoms with Crippen molar-refractivity contribution in [1.82, 2.24) is 4.98 Å². The number of hydrogen-bond acceptors (Lipinski definition) is 0. The molecule has 0 aliphatic heterocycles. The molecule has 0 saturated carbocycles. The zero-order valence-electron chi connectivity index (χ0n) is 9.59. The van der Waals surface area contributed by atoms with Crippen LogP contribution in [0, 0.1) is 20.8 Å². The zero-order chi connectivity index (χ0) is 10.8. The molecule has 0 atom stereocenters. The van der Waals surface area contributed by atoms with E-state index in [-0.39, 0.29) is 0 Å². The Bertz CT molecular complexity index is 446. The Morgan fingerprint density at radius 2 is 1.73 bits per heavy atom. The maximum atomic E-state index is 3.28. The Balaban J connectivity index is 2.34. The number of nitrogens with one attached hydrogen (secondary N) is 1. The molecule has 15 heavy (non-hydrogen) atoms. The van der Waals surface area contributed by atoms with Gasteiger partial charge in [-0.25, -0.2) is 0 Å². The van der Waals surface area contributed by atoms with Gasteiger partial charge in [-0.3, -0.25) is 0 Å². The first kappa shape index (κ1) is 10.0. The van der Waals surface area contributed by atoms with E-state index in [4.69, 9.17) is 0 Å². The molecule has 0 spiro atoms. The van der Waals surface area contributed by atoms with Crippen molar-refractivity contribution in [3.8, 4) is 0 Å². The summed E-state index contributed by atoms with van der Waals surface area (Å²) in [6.07, 6.45) is 3.12. The van der Waals surface area contributed by atoms with Gasteiger partial charge < -0.3 is 4.98 Å². The van der Waals surface area contributed by atoms with Crippen molar-refractivity contribution in [3.63, 3.8) is 0 Å². The Morgan fingerprint density at radius 3 is 2.33 bits per heavy atom. The first-order chi connectivity index (χ1) is 7.18. The van der Waals surface area contributed by atoms with Crippen LogP contribution in [0.1, 0.15) is 27.9 Å². The molecule has 0 unspecified atom stereocenters. The smallest absolute Gasteiger partial charge is 0.0154 e. The van der Waals surface area contributed by atoms with E-state index in [0.29, 0.717) is 0 Å². The monoisotopic (exact) mass is 199 g/mol. The van der Waals surface area contributed by atoms with Crippen molar-refractivity contribution < 1.29 is 0 Å². The lowest BCUT2D eigenvalue weighted by atomic mass is 9.99. The molecule has 0 bridgehead atoms. The Labute approximate surface area is 91.2 Å². The summed E-state index contributed by atoms with van der Waals surface area (Å²) in [6.45, 7) is 6.48. The van der Waals surface area contributed by atoms with Crippen LogP contribution < -0.4 is 0 Å². The average Bonchev–Trinajstić information content (AvgIpc) is 2.53. The van der Waals surface area contributed by atoms with E-state index in [2.05, 4.69) is 56.2 Å². The molecule has 78 valence electrons. The van der Waals surface area contributed by atoms with E-state index in [0.717, 1.165) is 6.42 Å². The van der Waals surface area contributed by atoms with Crippen LogP contribution in [0.2, 0.25) is 0 Å². The summed E-state index contributed by atoms with van der Waals surface area (Å²) >= 11 is 0. The molecule has 1 aromatic carbocycles. The molecule has 2 aromatic rings. The molecule has 0 aliphatic carbocycles. The van der Waals surface area contributed by atoms with Gasteiger partial charge in [0.1, 0.15) is 0 Å². The molecular weight excluding hydrogens is 182 g/mol. The van der Waals surface area contributed by atoms with Crippen molar-refractivity contribution in [3.05, 3.63) is 58.4 Å². The summed E-state index contributed by atoms with van der Waals surface area (Å²) in [4.78, 5) is 3.28. The number of benzene rings is 1. The van der Waals surface area contributed by atoms with Gasteiger partial charge in [0.25, 0.3) is 0 Å². The molecule has 1 nitrogen and oxygen atoms in total. The highest BCUT2D eigenvalue weighted by Gasteiger charge is 2.06. The molecule has 0 fully saturated rings. The summed E-state index contributed by atoms with van der Waals surface area (Å²) in [5, 5.41) is 0. The second kappa shape index (κ2) is 3.93. The quantitative estimate of drug-likeness (QED) is 0.761. The first-order valence-corrected chi connectivity index (χ1v) is 5.36. The van der Waals surface area contributed by atoms with Crippen LogP contribution in [0.5, 0.6) is 0 Å². The highest BCUT2D eigenvalue weighted by Crippen LogP contribution is 2.19. The molecule has 2 rings (SSSR count). The predicted molar refractivity (Wildman–Crippen MR) is 64.3 cm³/mol. The van der Waals surface area contributed by atoms with Gasteiger partial charge in [0.2, 0.25) is 0 Å². The molecule has 0 aliphatic rings. The summed E-state index contributed by atoms with van der Waals surface area (Å²) < 4.78 is 0. The van der Waals surface area contributed by atoms with Crippen LogP contribution in [0.25, 0.3) is 0 Å². The minimum Gasteiger partial charge on any atom is -0.365 e. The van der Waals surface area contributed by atoms with Crippen LogP contribution in [-0.2, 0) is 6.42 Å². The Kier molecular flexibility index (Phi) is 2.63. The lowest BCUT2D eigenvalue weighted by molar-refractivity contribution is 1.10. The lowest BCUT2D eigenvalue weighted by Crippen LogP contribution is -1.93. The van der Waals surface area contributed by atoms with E-state index in [1.54, 1.807) is 0 Å². The normalized spacial score (nSPS) is 10.6. The molecular formula is C14H17N.